The van der Waals surface area contributed by atoms with Crippen LogP contribution in [0, 0.1) is 0 Å². The largest absolute Gasteiger partial charge is 0.299 e. The molecular weight excluding hydrogens is 378 g/mol. The van der Waals surface area contributed by atoms with Crippen LogP contribution in [0.4, 0.5) is 0 Å². The van der Waals surface area contributed by atoms with E-state index in [2.05, 4.69) is 69.0 Å². The highest BCUT2D eigenvalue weighted by Crippen LogP contribution is 2.47. The van der Waals surface area contributed by atoms with Gasteiger partial charge in [-0.2, -0.15) is 0 Å². The molecule has 6 aromatic rings. The van der Waals surface area contributed by atoms with Gasteiger partial charge in [0.1, 0.15) is 5.65 Å². The van der Waals surface area contributed by atoms with Gasteiger partial charge in [-0.05, 0) is 81.6 Å². The minimum absolute atomic E-state index is 0.957. The van der Waals surface area contributed by atoms with E-state index >= 15 is 0 Å². The fraction of sp³-hybridized carbons (Fsp3) is 0.0714. The van der Waals surface area contributed by atoms with E-state index in [1.165, 1.54) is 60.7 Å². The normalized spacial score (nSPS) is 13.5. The van der Waals surface area contributed by atoms with Crippen molar-refractivity contribution in [2.24, 2.45) is 0 Å². The van der Waals surface area contributed by atoms with E-state index in [-0.39, 0.29) is 0 Å². The van der Waals surface area contributed by atoms with Crippen LogP contribution >= 0.6 is 0 Å². The van der Waals surface area contributed by atoms with Crippen molar-refractivity contribution in [2.75, 3.05) is 0 Å². The van der Waals surface area contributed by atoms with E-state index in [1.807, 2.05) is 24.8 Å². The third-order valence-electron chi connectivity index (χ3n) is 7.20. The molecule has 3 heteroatoms. The van der Waals surface area contributed by atoms with Gasteiger partial charge < -0.3 is 0 Å². The number of rotatable bonds is 0. The molecule has 144 valence electrons. The summed E-state index contributed by atoms with van der Waals surface area (Å²) in [5.74, 6) is 0. The Hall–Kier alpha value is -3.98. The number of aromatic nitrogens is 3. The van der Waals surface area contributed by atoms with Crippen LogP contribution in [0.25, 0.3) is 49.6 Å². The van der Waals surface area contributed by atoms with Crippen LogP contribution in [0.1, 0.15) is 22.3 Å². The Kier molecular flexibility index (Phi) is 2.74. The van der Waals surface area contributed by atoms with Gasteiger partial charge in [0.25, 0.3) is 0 Å². The third kappa shape index (κ3) is 1.89. The third-order valence-corrected chi connectivity index (χ3v) is 7.20. The molecule has 3 aromatic heterocycles. The summed E-state index contributed by atoms with van der Waals surface area (Å²) in [4.78, 5) is 9.16. The zero-order chi connectivity index (χ0) is 20.1. The first kappa shape index (κ1) is 15.8. The Balaban J connectivity index is 1.45. The highest BCUT2D eigenvalue weighted by Gasteiger charge is 2.27. The summed E-state index contributed by atoms with van der Waals surface area (Å²) in [6.07, 6.45) is 9.80. The number of hydrogen-bond acceptors (Lipinski definition) is 2. The molecule has 2 aliphatic rings. The summed E-state index contributed by atoms with van der Waals surface area (Å²) < 4.78 is 2.18. The topological polar surface area (TPSA) is 30.2 Å². The molecular formula is C28H17N3. The molecule has 31 heavy (non-hydrogen) atoms. The van der Waals surface area contributed by atoms with E-state index in [4.69, 9.17) is 0 Å². The lowest BCUT2D eigenvalue weighted by atomic mass is 9.96. The number of benzene rings is 3. The van der Waals surface area contributed by atoms with Gasteiger partial charge in [0, 0.05) is 40.9 Å². The summed E-state index contributed by atoms with van der Waals surface area (Å²) in [6.45, 7) is 0. The van der Waals surface area contributed by atoms with Gasteiger partial charge in [0.05, 0.1) is 5.52 Å². The van der Waals surface area contributed by atoms with E-state index in [9.17, 15) is 0 Å². The van der Waals surface area contributed by atoms with Crippen molar-refractivity contribution in [1.82, 2.24) is 14.4 Å². The number of pyridine rings is 2. The quantitative estimate of drug-likeness (QED) is 0.287. The second kappa shape index (κ2) is 5.38. The first-order valence-corrected chi connectivity index (χ1v) is 10.8. The molecule has 0 unspecified atom stereocenters. The number of nitrogens with zero attached hydrogens (tertiary/aromatic N) is 3. The van der Waals surface area contributed by atoms with E-state index in [1.54, 1.807) is 0 Å². The number of fused-ring (bicyclic) bond motifs is 13. The summed E-state index contributed by atoms with van der Waals surface area (Å²) in [5.41, 5.74) is 13.5. The van der Waals surface area contributed by atoms with Crippen LogP contribution in [-0.4, -0.2) is 14.4 Å². The number of imidazole rings is 1. The van der Waals surface area contributed by atoms with Crippen molar-refractivity contribution in [3.8, 4) is 22.3 Å². The molecule has 0 aliphatic heterocycles. The van der Waals surface area contributed by atoms with Gasteiger partial charge in [-0.25, -0.2) is 4.98 Å². The Labute approximate surface area is 178 Å². The summed E-state index contributed by atoms with van der Waals surface area (Å²) in [5, 5.41) is 3.71. The Morgan fingerprint density at radius 2 is 1.58 bits per heavy atom. The first-order valence-electron chi connectivity index (χ1n) is 10.8. The predicted octanol–water partition coefficient (Wildman–Crippen LogP) is 6.18. The molecule has 2 aliphatic carbocycles. The lowest BCUT2D eigenvalue weighted by Crippen LogP contribution is -1.94. The molecule has 0 radical (unpaired) electrons. The van der Waals surface area contributed by atoms with E-state index in [0.717, 1.165) is 24.0 Å². The molecule has 8 rings (SSSR count). The van der Waals surface area contributed by atoms with Gasteiger partial charge >= 0.3 is 0 Å². The second-order valence-corrected chi connectivity index (χ2v) is 8.71. The van der Waals surface area contributed by atoms with Crippen LogP contribution in [0.5, 0.6) is 0 Å². The van der Waals surface area contributed by atoms with Gasteiger partial charge in [-0.15, -0.1) is 0 Å². The average Bonchev–Trinajstić information content (AvgIpc) is 3.52. The average molecular weight is 395 g/mol. The van der Waals surface area contributed by atoms with Crippen LogP contribution in [0.2, 0.25) is 0 Å². The molecule has 0 spiro atoms. The summed E-state index contributed by atoms with van der Waals surface area (Å²) in [6, 6.07) is 20.3. The Morgan fingerprint density at radius 1 is 0.710 bits per heavy atom. The van der Waals surface area contributed by atoms with Crippen molar-refractivity contribution in [3.63, 3.8) is 0 Å². The maximum Gasteiger partial charge on any atom is 0.145 e. The molecule has 0 amide bonds. The smallest absolute Gasteiger partial charge is 0.145 e. The Bertz CT molecular complexity index is 1740. The van der Waals surface area contributed by atoms with Crippen LogP contribution < -0.4 is 0 Å². The zero-order valence-electron chi connectivity index (χ0n) is 16.8. The first-order chi connectivity index (χ1) is 15.4. The van der Waals surface area contributed by atoms with Crippen LogP contribution in [-0.2, 0) is 12.8 Å². The van der Waals surface area contributed by atoms with E-state index < -0.39 is 0 Å². The minimum Gasteiger partial charge on any atom is -0.299 e. The van der Waals surface area contributed by atoms with Crippen molar-refractivity contribution in [3.05, 3.63) is 102 Å². The highest BCUT2D eigenvalue weighted by atomic mass is 15.0. The maximum atomic E-state index is 4.69. The fourth-order valence-electron chi connectivity index (χ4n) is 5.88. The summed E-state index contributed by atoms with van der Waals surface area (Å²) >= 11 is 0. The van der Waals surface area contributed by atoms with Crippen molar-refractivity contribution < 1.29 is 0 Å². The number of hydrogen-bond donors (Lipinski definition) is 0. The van der Waals surface area contributed by atoms with Gasteiger partial charge in [-0.1, -0.05) is 30.3 Å². The molecule has 0 atom stereocenters. The van der Waals surface area contributed by atoms with E-state index in [0.29, 0.717) is 0 Å². The lowest BCUT2D eigenvalue weighted by molar-refractivity contribution is 1.24. The molecule has 3 nitrogen and oxygen atoms in total. The minimum atomic E-state index is 0.957. The molecule has 0 saturated carbocycles. The van der Waals surface area contributed by atoms with Crippen molar-refractivity contribution >= 4 is 27.3 Å². The van der Waals surface area contributed by atoms with Crippen LogP contribution in [0.3, 0.4) is 0 Å². The van der Waals surface area contributed by atoms with Gasteiger partial charge in [0.2, 0.25) is 0 Å². The fourth-order valence-corrected chi connectivity index (χ4v) is 5.88. The molecule has 0 saturated heterocycles. The van der Waals surface area contributed by atoms with Crippen LogP contribution in [0.15, 0.2) is 79.4 Å². The SMILES string of the molecule is c1ccc2c(c1)Cc1cc3c(cc1-2)Cc1c-3ccc2c1c1cnccc1n1ccnc21. The van der Waals surface area contributed by atoms with Crippen molar-refractivity contribution in [2.45, 2.75) is 12.8 Å². The predicted molar refractivity (Wildman–Crippen MR) is 124 cm³/mol. The molecule has 0 N–H and O–H groups in total. The second-order valence-electron chi connectivity index (χ2n) is 8.71. The van der Waals surface area contributed by atoms with Crippen molar-refractivity contribution in [1.29, 1.82) is 0 Å². The summed E-state index contributed by atoms with van der Waals surface area (Å²) in [7, 11) is 0. The zero-order valence-corrected chi connectivity index (χ0v) is 16.8. The molecule has 0 bridgehead atoms. The van der Waals surface area contributed by atoms with Gasteiger partial charge in [-0.3, -0.25) is 9.38 Å². The van der Waals surface area contributed by atoms with Gasteiger partial charge in [0.15, 0.2) is 0 Å². The lowest BCUT2D eigenvalue weighted by Gasteiger charge is -2.12. The molecule has 3 aromatic carbocycles. The monoisotopic (exact) mass is 395 g/mol. The maximum absolute atomic E-state index is 4.69. The molecule has 0 fully saturated rings. The Morgan fingerprint density at radius 3 is 2.55 bits per heavy atom. The molecule has 3 heterocycles. The highest BCUT2D eigenvalue weighted by molar-refractivity contribution is 6.15. The standard InChI is InChI=1S/C28H17N3/c1-2-4-19-16(3-1)11-17-12-23-18(13-22(17)19)14-24-20(23)5-6-21-27(24)25-15-29-8-7-26(25)31-10-9-30-28(21)31/h1-10,12-13,15H,11,14H2.